The summed E-state index contributed by atoms with van der Waals surface area (Å²) in [6.07, 6.45) is 5.76. The van der Waals surface area contributed by atoms with Crippen molar-refractivity contribution in [3.63, 3.8) is 0 Å². The molecule has 8 heteroatoms. The summed E-state index contributed by atoms with van der Waals surface area (Å²) >= 11 is 13.2. The molecule has 0 aromatic heterocycles. The number of carbonyl (C=O) groups is 2. The lowest BCUT2D eigenvalue weighted by Crippen LogP contribution is -2.53. The summed E-state index contributed by atoms with van der Waals surface area (Å²) in [5, 5.41) is 3.66. The maximum atomic E-state index is 13.8. The van der Waals surface area contributed by atoms with E-state index < -0.39 is 6.04 Å². The summed E-state index contributed by atoms with van der Waals surface area (Å²) in [4.78, 5) is 29.2. The predicted molar refractivity (Wildman–Crippen MR) is 158 cm³/mol. The zero-order chi connectivity index (χ0) is 26.9. The Morgan fingerprint density at radius 3 is 2.29 bits per heavy atom. The smallest absolute Gasteiger partial charge is 0.261 e. The number of nitrogens with zero attached hydrogens (tertiary/aromatic N) is 1. The van der Waals surface area contributed by atoms with Crippen LogP contribution in [0.2, 0.25) is 5.02 Å². The van der Waals surface area contributed by atoms with Crippen molar-refractivity contribution in [3.05, 3.63) is 97.9 Å². The molecule has 2 amide bonds. The number of rotatable bonds is 10. The molecule has 200 valence electrons. The van der Waals surface area contributed by atoms with Gasteiger partial charge in [0.2, 0.25) is 5.91 Å². The standard InChI is InChI=1S/C30H31Br2ClN2O3/c31-23-13-11-22(12-14-23)19-35(29(36)20-38-28-16-15-24(32)18-26(28)33)27(17-21-7-3-1-4-8-21)30(37)34-25-9-5-2-6-10-25/h1,3-4,7-8,11-16,18,25,27H,2,5-6,9-10,17,19-20H2,(H,34,37)/t27-/m1/s1. The van der Waals surface area contributed by atoms with Crippen LogP contribution >= 0.6 is 43.5 Å². The average molecular weight is 663 g/mol. The molecule has 0 aliphatic heterocycles. The van der Waals surface area contributed by atoms with Crippen molar-refractivity contribution >= 4 is 55.3 Å². The molecule has 0 spiro atoms. The van der Waals surface area contributed by atoms with Crippen LogP contribution in [0.15, 0.2) is 81.7 Å². The van der Waals surface area contributed by atoms with Crippen LogP contribution in [-0.4, -0.2) is 35.4 Å². The van der Waals surface area contributed by atoms with Gasteiger partial charge >= 0.3 is 0 Å². The fourth-order valence-electron chi connectivity index (χ4n) is 4.70. The summed E-state index contributed by atoms with van der Waals surface area (Å²) in [6.45, 7) is 0.0407. The third-order valence-corrected chi connectivity index (χ3v) is 8.05. The van der Waals surface area contributed by atoms with Gasteiger partial charge < -0.3 is 15.0 Å². The van der Waals surface area contributed by atoms with E-state index in [1.165, 1.54) is 6.42 Å². The summed E-state index contributed by atoms with van der Waals surface area (Å²) in [5.74, 6) is -0.00223. The lowest BCUT2D eigenvalue weighted by molar-refractivity contribution is -0.143. The number of ether oxygens (including phenoxy) is 1. The van der Waals surface area contributed by atoms with Crippen molar-refractivity contribution in [2.75, 3.05) is 6.61 Å². The quantitative estimate of drug-likeness (QED) is 0.247. The van der Waals surface area contributed by atoms with Crippen LogP contribution < -0.4 is 10.1 Å². The van der Waals surface area contributed by atoms with Gasteiger partial charge in [0.05, 0.1) is 5.02 Å². The molecule has 1 aliphatic rings. The van der Waals surface area contributed by atoms with E-state index in [0.29, 0.717) is 17.2 Å². The predicted octanol–water partition coefficient (Wildman–Crippen LogP) is 7.33. The van der Waals surface area contributed by atoms with Crippen molar-refractivity contribution in [2.24, 2.45) is 0 Å². The first-order chi connectivity index (χ1) is 18.4. The SMILES string of the molecule is O=C(NC1CCCCC1)[C@@H](Cc1ccccc1)N(Cc1ccc(Br)cc1)C(=O)COc1ccc(Br)cc1Cl. The molecule has 0 unspecified atom stereocenters. The highest BCUT2D eigenvalue weighted by Gasteiger charge is 2.32. The van der Waals surface area contributed by atoms with E-state index in [4.69, 9.17) is 16.3 Å². The minimum absolute atomic E-state index is 0.132. The van der Waals surface area contributed by atoms with Gasteiger partial charge in [0, 0.05) is 28.0 Å². The van der Waals surface area contributed by atoms with Gasteiger partial charge in [-0.1, -0.05) is 105 Å². The van der Waals surface area contributed by atoms with Gasteiger partial charge in [0.15, 0.2) is 6.61 Å². The van der Waals surface area contributed by atoms with Crippen molar-refractivity contribution in [1.82, 2.24) is 10.2 Å². The van der Waals surface area contributed by atoms with Gasteiger partial charge in [-0.15, -0.1) is 0 Å². The second-order valence-electron chi connectivity index (χ2n) is 9.56. The third-order valence-electron chi connectivity index (χ3n) is 6.73. The number of halogens is 3. The molecular formula is C30H31Br2ClN2O3. The van der Waals surface area contributed by atoms with Crippen LogP contribution in [0.1, 0.15) is 43.2 Å². The molecule has 3 aromatic carbocycles. The van der Waals surface area contributed by atoms with Crippen LogP contribution in [0.4, 0.5) is 0 Å². The van der Waals surface area contributed by atoms with E-state index in [-0.39, 0.29) is 31.0 Å². The van der Waals surface area contributed by atoms with Gasteiger partial charge in [-0.05, 0) is 54.3 Å². The molecule has 1 saturated carbocycles. The first-order valence-electron chi connectivity index (χ1n) is 12.8. The van der Waals surface area contributed by atoms with Crippen molar-refractivity contribution < 1.29 is 14.3 Å². The molecule has 0 bridgehead atoms. The lowest BCUT2D eigenvalue weighted by atomic mass is 9.94. The molecule has 1 N–H and O–H groups in total. The van der Waals surface area contributed by atoms with E-state index >= 15 is 0 Å². The number of nitrogens with one attached hydrogen (secondary N) is 1. The Kier molecular flexibility index (Phi) is 10.7. The minimum atomic E-state index is -0.695. The second-order valence-corrected chi connectivity index (χ2v) is 11.8. The maximum absolute atomic E-state index is 13.8. The van der Waals surface area contributed by atoms with Crippen LogP contribution in [0, 0.1) is 0 Å². The topological polar surface area (TPSA) is 58.6 Å². The fraction of sp³-hybridized carbons (Fsp3) is 0.333. The van der Waals surface area contributed by atoms with Crippen molar-refractivity contribution in [3.8, 4) is 5.75 Å². The van der Waals surface area contributed by atoms with Gasteiger partial charge in [-0.3, -0.25) is 9.59 Å². The zero-order valence-electron chi connectivity index (χ0n) is 21.0. The van der Waals surface area contributed by atoms with E-state index in [1.807, 2.05) is 54.6 Å². The minimum Gasteiger partial charge on any atom is -0.482 e. The Balaban J connectivity index is 1.61. The zero-order valence-corrected chi connectivity index (χ0v) is 25.0. The molecule has 38 heavy (non-hydrogen) atoms. The summed E-state index contributed by atoms with van der Waals surface area (Å²) in [5.41, 5.74) is 1.91. The molecular weight excluding hydrogens is 632 g/mol. The number of benzene rings is 3. The summed E-state index contributed by atoms with van der Waals surface area (Å²) in [7, 11) is 0. The van der Waals surface area contributed by atoms with Crippen LogP contribution in [0.3, 0.4) is 0 Å². The molecule has 4 rings (SSSR count). The monoisotopic (exact) mass is 660 g/mol. The lowest BCUT2D eigenvalue weighted by Gasteiger charge is -2.33. The Hall–Kier alpha value is -2.35. The highest BCUT2D eigenvalue weighted by molar-refractivity contribution is 9.10. The first kappa shape index (κ1) is 28.7. The molecule has 0 radical (unpaired) electrons. The van der Waals surface area contributed by atoms with Gasteiger partial charge in [-0.2, -0.15) is 0 Å². The molecule has 0 saturated heterocycles. The third kappa shape index (κ3) is 8.32. The highest BCUT2D eigenvalue weighted by Crippen LogP contribution is 2.28. The Labute approximate surface area is 246 Å². The molecule has 3 aromatic rings. The van der Waals surface area contributed by atoms with E-state index in [2.05, 4.69) is 37.2 Å². The average Bonchev–Trinajstić information content (AvgIpc) is 2.92. The maximum Gasteiger partial charge on any atom is 0.261 e. The Bertz CT molecular complexity index is 1220. The van der Waals surface area contributed by atoms with Gasteiger partial charge in [0.1, 0.15) is 11.8 Å². The molecule has 0 heterocycles. The molecule has 1 atom stereocenters. The Morgan fingerprint density at radius 2 is 1.61 bits per heavy atom. The van der Waals surface area contributed by atoms with Crippen molar-refractivity contribution in [1.29, 1.82) is 0 Å². The van der Waals surface area contributed by atoms with Gasteiger partial charge in [-0.25, -0.2) is 0 Å². The Morgan fingerprint density at radius 1 is 0.921 bits per heavy atom. The number of carbonyl (C=O) groups excluding carboxylic acids is 2. The number of hydrogen-bond donors (Lipinski definition) is 1. The van der Waals surface area contributed by atoms with Crippen LogP contribution in [0.5, 0.6) is 5.75 Å². The molecule has 5 nitrogen and oxygen atoms in total. The largest absolute Gasteiger partial charge is 0.482 e. The number of amides is 2. The first-order valence-corrected chi connectivity index (χ1v) is 14.8. The molecule has 1 aliphatic carbocycles. The van der Waals surface area contributed by atoms with E-state index in [0.717, 1.165) is 45.8 Å². The number of hydrogen-bond acceptors (Lipinski definition) is 3. The van der Waals surface area contributed by atoms with Crippen LogP contribution in [0.25, 0.3) is 0 Å². The van der Waals surface area contributed by atoms with Crippen molar-refractivity contribution in [2.45, 2.75) is 57.2 Å². The van der Waals surface area contributed by atoms with E-state index in [9.17, 15) is 9.59 Å². The summed E-state index contributed by atoms with van der Waals surface area (Å²) in [6, 6.07) is 22.3. The van der Waals surface area contributed by atoms with E-state index in [1.54, 1.807) is 23.1 Å². The van der Waals surface area contributed by atoms with Crippen LogP contribution in [-0.2, 0) is 22.6 Å². The van der Waals surface area contributed by atoms with Gasteiger partial charge in [0.25, 0.3) is 5.91 Å². The second kappa shape index (κ2) is 14.2. The summed E-state index contributed by atoms with van der Waals surface area (Å²) < 4.78 is 7.61. The fourth-order valence-corrected chi connectivity index (χ4v) is 5.69. The highest BCUT2D eigenvalue weighted by atomic mass is 79.9. The normalized spacial score (nSPS) is 14.5. The molecule has 1 fully saturated rings.